The maximum absolute atomic E-state index is 13.0. The lowest BCUT2D eigenvalue weighted by atomic mass is 9.91. The van der Waals surface area contributed by atoms with Gasteiger partial charge in [0.05, 0.1) is 11.1 Å². The smallest absolute Gasteiger partial charge is 0.319 e. The molecule has 5 amide bonds. The molecule has 2 aliphatic rings. The number of imide groups is 2. The third kappa shape index (κ3) is 3.16. The minimum Gasteiger partial charge on any atom is -0.319 e. The number of hydrogen-bond donors (Lipinski definition) is 1. The molecule has 1 N–H and O–H groups in total. The molecule has 0 saturated carbocycles. The Kier molecular flexibility index (Phi) is 4.89. The van der Waals surface area contributed by atoms with Gasteiger partial charge in [0.1, 0.15) is 5.54 Å². The van der Waals surface area contributed by atoms with Crippen LogP contribution in [-0.4, -0.2) is 46.6 Å². The van der Waals surface area contributed by atoms with Crippen LogP contribution in [0.5, 0.6) is 0 Å². The summed E-state index contributed by atoms with van der Waals surface area (Å²) in [6, 6.07) is 13.8. The summed E-state index contributed by atoms with van der Waals surface area (Å²) in [6.07, 6.45) is 1.00. The number of carbonyl (C=O) groups excluding carboxylic acids is 4. The van der Waals surface area contributed by atoms with E-state index in [1.807, 2.05) is 31.2 Å². The van der Waals surface area contributed by atoms with Crippen molar-refractivity contribution in [2.75, 3.05) is 13.1 Å². The molecule has 7 heteroatoms. The van der Waals surface area contributed by atoms with E-state index < -0.39 is 11.6 Å². The molecule has 0 aliphatic carbocycles. The van der Waals surface area contributed by atoms with Crippen molar-refractivity contribution in [3.8, 4) is 0 Å². The number of amides is 5. The zero-order chi connectivity index (χ0) is 21.5. The molecule has 0 spiro atoms. The van der Waals surface area contributed by atoms with Gasteiger partial charge in [-0.15, -0.1) is 0 Å². The fourth-order valence-electron chi connectivity index (χ4n) is 3.96. The highest BCUT2D eigenvalue weighted by atomic mass is 16.2. The van der Waals surface area contributed by atoms with Crippen molar-refractivity contribution in [1.29, 1.82) is 0 Å². The zero-order valence-corrected chi connectivity index (χ0v) is 17.0. The molecule has 154 valence electrons. The monoisotopic (exact) mass is 405 g/mol. The van der Waals surface area contributed by atoms with Crippen molar-refractivity contribution < 1.29 is 19.2 Å². The van der Waals surface area contributed by atoms with Gasteiger partial charge >= 0.3 is 6.03 Å². The van der Waals surface area contributed by atoms with Crippen LogP contribution in [0.2, 0.25) is 0 Å². The Morgan fingerprint density at radius 1 is 0.800 bits per heavy atom. The van der Waals surface area contributed by atoms with Crippen LogP contribution in [0, 0.1) is 6.92 Å². The van der Waals surface area contributed by atoms with E-state index >= 15 is 0 Å². The van der Waals surface area contributed by atoms with Crippen LogP contribution in [0.4, 0.5) is 4.79 Å². The van der Waals surface area contributed by atoms with Crippen molar-refractivity contribution in [3.63, 3.8) is 0 Å². The molecule has 30 heavy (non-hydrogen) atoms. The summed E-state index contributed by atoms with van der Waals surface area (Å²) in [4.78, 5) is 52.6. The van der Waals surface area contributed by atoms with Gasteiger partial charge < -0.3 is 5.32 Å². The molecule has 2 aliphatic heterocycles. The number of benzene rings is 2. The van der Waals surface area contributed by atoms with Crippen LogP contribution < -0.4 is 5.32 Å². The molecule has 7 nitrogen and oxygen atoms in total. The molecule has 2 heterocycles. The summed E-state index contributed by atoms with van der Waals surface area (Å²) < 4.78 is 0. The van der Waals surface area contributed by atoms with Gasteiger partial charge in [0.25, 0.3) is 17.7 Å². The highest BCUT2D eigenvalue weighted by molar-refractivity contribution is 6.21. The van der Waals surface area contributed by atoms with E-state index in [0.29, 0.717) is 24.0 Å². The summed E-state index contributed by atoms with van der Waals surface area (Å²) in [5.41, 5.74) is 1.56. The standard InChI is InChI=1S/C23H23N3O4/c1-15-9-11-16(12-10-15)23(2)21(29)26(22(30)24-23)14-6-5-13-25-19(27)17-7-3-4-8-18(17)20(25)28/h3-4,7-12H,5-6,13-14H2,1-2H3,(H,24,30). The van der Waals surface area contributed by atoms with Gasteiger partial charge in [-0.25, -0.2) is 4.79 Å². The Hall–Kier alpha value is -3.48. The SMILES string of the molecule is Cc1ccc(C2(C)NC(=O)N(CCCCN3C(=O)c4ccccc4C3=O)C2=O)cc1. The van der Waals surface area contributed by atoms with Gasteiger partial charge in [-0.2, -0.15) is 0 Å². The Morgan fingerprint density at radius 2 is 1.33 bits per heavy atom. The lowest BCUT2D eigenvalue weighted by Crippen LogP contribution is -2.41. The fraction of sp³-hybridized carbons (Fsp3) is 0.304. The molecule has 2 aromatic rings. The van der Waals surface area contributed by atoms with Gasteiger partial charge in [-0.1, -0.05) is 42.0 Å². The van der Waals surface area contributed by atoms with E-state index in [-0.39, 0.29) is 30.8 Å². The van der Waals surface area contributed by atoms with Crippen LogP contribution >= 0.6 is 0 Å². The van der Waals surface area contributed by atoms with Crippen LogP contribution in [0.3, 0.4) is 0 Å². The third-order valence-electron chi connectivity index (χ3n) is 5.80. The highest BCUT2D eigenvalue weighted by Crippen LogP contribution is 2.29. The molecule has 1 atom stereocenters. The minimum absolute atomic E-state index is 0.231. The molecular weight excluding hydrogens is 382 g/mol. The fourth-order valence-corrected chi connectivity index (χ4v) is 3.96. The van der Waals surface area contributed by atoms with Crippen LogP contribution in [0.1, 0.15) is 51.6 Å². The van der Waals surface area contributed by atoms with Gasteiger partial charge in [0.2, 0.25) is 0 Å². The maximum Gasteiger partial charge on any atom is 0.325 e. The lowest BCUT2D eigenvalue weighted by molar-refractivity contribution is -0.131. The number of urea groups is 1. The van der Waals surface area contributed by atoms with E-state index in [2.05, 4.69) is 5.32 Å². The van der Waals surface area contributed by atoms with Crippen LogP contribution in [0.25, 0.3) is 0 Å². The first-order chi connectivity index (χ1) is 14.3. The summed E-state index contributed by atoms with van der Waals surface area (Å²) >= 11 is 0. The quantitative estimate of drug-likeness (QED) is 0.455. The second-order valence-electron chi connectivity index (χ2n) is 7.89. The van der Waals surface area contributed by atoms with E-state index in [9.17, 15) is 19.2 Å². The van der Waals surface area contributed by atoms with Gasteiger partial charge in [-0.3, -0.25) is 24.2 Å². The average molecular weight is 405 g/mol. The van der Waals surface area contributed by atoms with Crippen LogP contribution in [-0.2, 0) is 10.3 Å². The van der Waals surface area contributed by atoms with E-state index in [1.165, 1.54) is 9.80 Å². The summed E-state index contributed by atoms with van der Waals surface area (Å²) in [5.74, 6) is -0.882. The number of carbonyl (C=O) groups is 4. The van der Waals surface area contributed by atoms with Crippen molar-refractivity contribution in [2.24, 2.45) is 0 Å². The molecule has 1 fully saturated rings. The molecular formula is C23H23N3O4. The second kappa shape index (κ2) is 7.40. The normalized spacial score (nSPS) is 20.7. The minimum atomic E-state index is -1.09. The van der Waals surface area contributed by atoms with E-state index in [4.69, 9.17) is 0 Å². The summed E-state index contributed by atoms with van der Waals surface area (Å²) in [6.45, 7) is 4.15. The van der Waals surface area contributed by atoms with Gasteiger partial charge in [0.15, 0.2) is 0 Å². The number of rotatable bonds is 6. The predicted molar refractivity (Wildman–Crippen MR) is 110 cm³/mol. The topological polar surface area (TPSA) is 86.8 Å². The molecule has 0 aromatic heterocycles. The third-order valence-corrected chi connectivity index (χ3v) is 5.80. The Bertz CT molecular complexity index is 1010. The van der Waals surface area contributed by atoms with Gasteiger partial charge in [0, 0.05) is 13.1 Å². The number of aryl methyl sites for hydroxylation is 1. The number of hydrogen-bond acceptors (Lipinski definition) is 4. The Morgan fingerprint density at radius 3 is 1.90 bits per heavy atom. The molecule has 2 aromatic carbocycles. The lowest BCUT2D eigenvalue weighted by Gasteiger charge is -2.22. The maximum atomic E-state index is 13.0. The zero-order valence-electron chi connectivity index (χ0n) is 17.0. The molecule has 4 rings (SSSR count). The van der Waals surface area contributed by atoms with E-state index in [0.717, 1.165) is 11.1 Å². The van der Waals surface area contributed by atoms with Crippen molar-refractivity contribution in [2.45, 2.75) is 32.2 Å². The summed E-state index contributed by atoms with van der Waals surface area (Å²) in [5, 5.41) is 2.79. The number of nitrogens with one attached hydrogen (secondary N) is 1. The first-order valence-electron chi connectivity index (χ1n) is 9.99. The van der Waals surface area contributed by atoms with Crippen molar-refractivity contribution in [1.82, 2.24) is 15.1 Å². The molecule has 1 unspecified atom stereocenters. The van der Waals surface area contributed by atoms with Crippen molar-refractivity contribution in [3.05, 3.63) is 70.8 Å². The first kappa shape index (κ1) is 19.8. The predicted octanol–water partition coefficient (Wildman–Crippen LogP) is 2.84. The number of nitrogens with zero attached hydrogens (tertiary/aromatic N) is 2. The summed E-state index contributed by atoms with van der Waals surface area (Å²) in [7, 11) is 0. The van der Waals surface area contributed by atoms with Crippen molar-refractivity contribution >= 4 is 23.8 Å². The highest BCUT2D eigenvalue weighted by Gasteiger charge is 2.48. The van der Waals surface area contributed by atoms with Crippen LogP contribution in [0.15, 0.2) is 48.5 Å². The van der Waals surface area contributed by atoms with E-state index in [1.54, 1.807) is 31.2 Å². The first-order valence-corrected chi connectivity index (χ1v) is 9.99. The second-order valence-corrected chi connectivity index (χ2v) is 7.89. The molecule has 1 saturated heterocycles. The Labute approximate surface area is 174 Å². The molecule has 0 radical (unpaired) electrons. The number of fused-ring (bicyclic) bond motifs is 1. The number of unbranched alkanes of at least 4 members (excludes halogenated alkanes) is 1. The Balaban J connectivity index is 1.35. The molecule has 0 bridgehead atoms. The largest absolute Gasteiger partial charge is 0.325 e. The average Bonchev–Trinajstić information content (AvgIpc) is 3.11. The van der Waals surface area contributed by atoms with Gasteiger partial charge in [-0.05, 0) is 44.4 Å².